The summed E-state index contributed by atoms with van der Waals surface area (Å²) in [5.41, 5.74) is 2.64. The second-order valence-electron chi connectivity index (χ2n) is 9.48. The van der Waals surface area contributed by atoms with Crippen LogP contribution in [-0.4, -0.2) is 0 Å². The highest BCUT2D eigenvalue weighted by atomic mass is 32.1. The summed E-state index contributed by atoms with van der Waals surface area (Å²) in [5.74, 6) is 0. The van der Waals surface area contributed by atoms with Crippen molar-refractivity contribution in [2.75, 3.05) is 0 Å². The lowest BCUT2D eigenvalue weighted by atomic mass is 10.1. The molecule has 212 valence electrons. The molecule has 4 nitrogen and oxygen atoms in total. The van der Waals surface area contributed by atoms with Gasteiger partial charge in [-0.2, -0.15) is 21.0 Å². The highest BCUT2D eigenvalue weighted by molar-refractivity contribution is 7.36. The summed E-state index contributed by atoms with van der Waals surface area (Å²) in [6.45, 7) is 4.35. The SMILES string of the molecule is CCc1ccc(-c2c(-c3ccc(C=C(C#N)C#N)s3)sc3c(-c4ccc(CC)s4)c(-c4ccc(C=C(C#N)C#N)s4)sc23)s1. The second kappa shape index (κ2) is 12.9. The lowest BCUT2D eigenvalue weighted by molar-refractivity contribution is 1.19. The predicted molar refractivity (Wildman–Crippen MR) is 190 cm³/mol. The zero-order valence-corrected chi connectivity index (χ0v) is 28.3. The number of rotatable bonds is 8. The van der Waals surface area contributed by atoms with Gasteiger partial charge in [-0.1, -0.05) is 13.8 Å². The van der Waals surface area contributed by atoms with Crippen LogP contribution in [0.4, 0.5) is 0 Å². The average molecular weight is 677 g/mol. The maximum atomic E-state index is 9.28. The third kappa shape index (κ3) is 5.61. The van der Waals surface area contributed by atoms with E-state index in [-0.39, 0.29) is 11.1 Å². The molecule has 0 aliphatic rings. The van der Waals surface area contributed by atoms with Gasteiger partial charge >= 0.3 is 0 Å². The van der Waals surface area contributed by atoms with E-state index < -0.39 is 0 Å². The molecule has 6 aromatic heterocycles. The Hall–Kier alpha value is -4.10. The van der Waals surface area contributed by atoms with Gasteiger partial charge in [0.25, 0.3) is 0 Å². The summed E-state index contributed by atoms with van der Waals surface area (Å²) < 4.78 is 2.48. The highest BCUT2D eigenvalue weighted by Gasteiger charge is 2.27. The zero-order chi connectivity index (χ0) is 30.8. The van der Waals surface area contributed by atoms with Gasteiger partial charge in [0.1, 0.15) is 35.4 Å². The molecule has 0 aliphatic heterocycles. The summed E-state index contributed by atoms with van der Waals surface area (Å²) in [6, 6.07) is 24.9. The number of hydrogen-bond acceptors (Lipinski definition) is 10. The Bertz CT molecular complexity index is 2070. The first-order valence-corrected chi connectivity index (χ1v) is 18.4. The molecule has 6 heterocycles. The normalized spacial score (nSPS) is 10.6. The minimum absolute atomic E-state index is 0.0924. The molecule has 0 bridgehead atoms. The van der Waals surface area contributed by atoms with E-state index in [4.69, 9.17) is 0 Å². The average Bonchev–Trinajstić information content (AvgIpc) is 3.88. The van der Waals surface area contributed by atoms with Crippen LogP contribution in [0.5, 0.6) is 0 Å². The van der Waals surface area contributed by atoms with E-state index in [9.17, 15) is 21.0 Å². The number of thiophene rings is 6. The Morgan fingerprint density at radius 1 is 0.523 bits per heavy atom. The maximum Gasteiger partial charge on any atom is 0.131 e. The molecule has 0 aliphatic carbocycles. The molecule has 0 fully saturated rings. The lowest BCUT2D eigenvalue weighted by Crippen LogP contribution is -1.73. The lowest BCUT2D eigenvalue weighted by Gasteiger charge is -2.02. The third-order valence-corrected chi connectivity index (χ3v) is 14.3. The molecule has 6 rings (SSSR count). The second-order valence-corrected chi connectivity index (χ2v) is 16.1. The summed E-state index contributed by atoms with van der Waals surface area (Å²) in [4.78, 5) is 11.5. The molecular formula is C34H20N4S6. The number of nitrogens with zero attached hydrogens (tertiary/aromatic N) is 4. The fourth-order valence-corrected chi connectivity index (χ4v) is 12.0. The molecular weight excluding hydrogens is 657 g/mol. The van der Waals surface area contributed by atoms with Crippen LogP contribution in [0.2, 0.25) is 0 Å². The summed E-state index contributed by atoms with van der Waals surface area (Å²) in [6.07, 6.45) is 5.25. The topological polar surface area (TPSA) is 95.2 Å². The quantitative estimate of drug-likeness (QED) is 0.150. The number of fused-ring (bicyclic) bond motifs is 1. The van der Waals surface area contributed by atoms with Gasteiger partial charge in [-0.25, -0.2) is 0 Å². The van der Waals surface area contributed by atoms with E-state index in [1.807, 2.05) is 59.1 Å². The fourth-order valence-electron chi connectivity index (χ4n) is 4.70. The Morgan fingerprint density at radius 2 is 0.909 bits per heavy atom. The van der Waals surface area contributed by atoms with E-state index in [0.29, 0.717) is 0 Å². The molecule has 44 heavy (non-hydrogen) atoms. The van der Waals surface area contributed by atoms with Crippen molar-refractivity contribution in [2.45, 2.75) is 26.7 Å². The third-order valence-electron chi connectivity index (χ3n) is 6.79. The van der Waals surface area contributed by atoms with Crippen molar-refractivity contribution in [3.8, 4) is 64.7 Å². The first-order chi connectivity index (χ1) is 21.5. The van der Waals surface area contributed by atoms with Crippen molar-refractivity contribution in [1.82, 2.24) is 0 Å². The maximum absolute atomic E-state index is 9.28. The molecule has 0 spiro atoms. The molecule has 0 saturated carbocycles. The van der Waals surface area contributed by atoms with Crippen molar-refractivity contribution in [3.63, 3.8) is 0 Å². The van der Waals surface area contributed by atoms with Gasteiger partial charge in [-0.3, -0.25) is 0 Å². The van der Waals surface area contributed by atoms with E-state index in [0.717, 1.165) is 32.4 Å². The van der Waals surface area contributed by atoms with Gasteiger partial charge < -0.3 is 0 Å². The van der Waals surface area contributed by atoms with Gasteiger partial charge in [-0.15, -0.1) is 68.0 Å². The van der Waals surface area contributed by atoms with Crippen LogP contribution in [0.1, 0.15) is 33.4 Å². The van der Waals surface area contributed by atoms with Gasteiger partial charge in [0.2, 0.25) is 0 Å². The zero-order valence-electron chi connectivity index (χ0n) is 23.4. The Balaban J connectivity index is 1.61. The van der Waals surface area contributed by atoms with Crippen LogP contribution in [-0.2, 0) is 12.8 Å². The molecule has 0 aromatic carbocycles. The van der Waals surface area contributed by atoms with Crippen molar-refractivity contribution in [3.05, 3.63) is 79.2 Å². The van der Waals surface area contributed by atoms with Gasteiger partial charge in [0.15, 0.2) is 0 Å². The molecule has 0 amide bonds. The van der Waals surface area contributed by atoms with E-state index in [1.165, 1.54) is 49.8 Å². The largest absolute Gasteiger partial charge is 0.192 e. The van der Waals surface area contributed by atoms with Crippen molar-refractivity contribution < 1.29 is 0 Å². The van der Waals surface area contributed by atoms with Gasteiger partial charge in [-0.05, 0) is 73.5 Å². The standard InChI is InChI=1S/C34H20N4S6/c1-3-21-5-9-25(39-21)29-31(27-11-7-23(41-27)13-19(15-35)16-36)43-34-30(26-10-6-22(4-2)40-26)32(44-33(29)34)28-12-8-24(42-28)14-20(17-37)18-38/h5-14H,3-4H2,1-2H3. The molecule has 10 heteroatoms. The molecule has 0 saturated heterocycles. The van der Waals surface area contributed by atoms with Crippen LogP contribution < -0.4 is 0 Å². The summed E-state index contributed by atoms with van der Waals surface area (Å²) in [5, 5.41) is 37.1. The van der Waals surface area contributed by atoms with Crippen molar-refractivity contribution in [2.24, 2.45) is 0 Å². The molecule has 0 radical (unpaired) electrons. The van der Waals surface area contributed by atoms with Crippen LogP contribution in [0, 0.1) is 45.3 Å². The van der Waals surface area contributed by atoms with E-state index in [1.54, 1.807) is 57.5 Å². The molecule has 6 aromatic rings. The van der Waals surface area contributed by atoms with E-state index >= 15 is 0 Å². The monoisotopic (exact) mass is 676 g/mol. The van der Waals surface area contributed by atoms with Gasteiger partial charge in [0, 0.05) is 50.1 Å². The number of allylic oxidation sites excluding steroid dienone is 2. The van der Waals surface area contributed by atoms with Crippen molar-refractivity contribution in [1.29, 1.82) is 21.0 Å². The minimum atomic E-state index is 0.0924. The summed E-state index contributed by atoms with van der Waals surface area (Å²) >= 11 is 10.4. The Labute approximate surface area is 279 Å². The molecule has 0 unspecified atom stereocenters. The van der Waals surface area contributed by atoms with Gasteiger partial charge in [0.05, 0.1) is 19.2 Å². The molecule has 0 N–H and O–H groups in total. The van der Waals surface area contributed by atoms with Crippen LogP contribution in [0.15, 0.2) is 59.7 Å². The van der Waals surface area contributed by atoms with Crippen molar-refractivity contribution >= 4 is 89.6 Å². The Kier molecular flexibility index (Phi) is 8.76. The first-order valence-electron chi connectivity index (χ1n) is 13.5. The van der Waals surface area contributed by atoms with Crippen LogP contribution in [0.3, 0.4) is 0 Å². The number of hydrogen-bond donors (Lipinski definition) is 0. The highest BCUT2D eigenvalue weighted by Crippen LogP contribution is 2.58. The number of aryl methyl sites for hydroxylation is 2. The van der Waals surface area contributed by atoms with E-state index in [2.05, 4.69) is 50.2 Å². The predicted octanol–water partition coefficient (Wildman–Crippen LogP) is 11.9. The first kappa shape index (κ1) is 29.9. The smallest absolute Gasteiger partial charge is 0.131 e. The molecule has 0 atom stereocenters. The summed E-state index contributed by atoms with van der Waals surface area (Å²) in [7, 11) is 0. The number of nitriles is 4. The minimum Gasteiger partial charge on any atom is -0.192 e. The van der Waals surface area contributed by atoms with Crippen LogP contribution >= 0.6 is 68.0 Å². The van der Waals surface area contributed by atoms with Crippen LogP contribution in [0.25, 0.3) is 61.9 Å². The Morgan fingerprint density at radius 3 is 1.25 bits per heavy atom. The fraction of sp³-hybridized carbons (Fsp3) is 0.118.